The van der Waals surface area contributed by atoms with E-state index in [9.17, 15) is 14.7 Å². The van der Waals surface area contributed by atoms with Gasteiger partial charge < -0.3 is 19.0 Å². The SMILES string of the molecule is CCCOc1ccc(C2C(=C(O)c3nc4c(C)cccn4c3C)C(=O)C(=O)N2c2nnc(SCc3ccc(Cl)cc3)s2)cc1OCC. The molecule has 1 fully saturated rings. The zero-order chi connectivity index (χ0) is 33.2. The molecular weight excluding hydrogens is 658 g/mol. The van der Waals surface area contributed by atoms with E-state index in [4.69, 9.17) is 26.1 Å². The summed E-state index contributed by atoms with van der Waals surface area (Å²) >= 11 is 8.67. The molecule has 10 nitrogen and oxygen atoms in total. The third kappa shape index (κ3) is 6.32. The second-order valence-corrected chi connectivity index (χ2v) is 13.5. The second kappa shape index (κ2) is 13.8. The molecular formula is C34H32ClN5O5S2. The summed E-state index contributed by atoms with van der Waals surface area (Å²) in [5, 5.41) is 21.4. The number of fused-ring (bicyclic) bond motifs is 1. The van der Waals surface area contributed by atoms with Crippen LogP contribution >= 0.6 is 34.7 Å². The minimum atomic E-state index is -1.04. The van der Waals surface area contributed by atoms with Gasteiger partial charge in [0.2, 0.25) is 5.13 Å². The van der Waals surface area contributed by atoms with E-state index in [1.807, 2.05) is 74.7 Å². The number of halogens is 1. The lowest BCUT2D eigenvalue weighted by Crippen LogP contribution is -2.29. The molecule has 0 saturated carbocycles. The van der Waals surface area contributed by atoms with Crippen molar-refractivity contribution in [1.29, 1.82) is 0 Å². The van der Waals surface area contributed by atoms with E-state index in [1.165, 1.54) is 28.0 Å². The number of anilines is 1. The van der Waals surface area contributed by atoms with Gasteiger partial charge in [0, 0.05) is 17.0 Å². The van der Waals surface area contributed by atoms with E-state index in [2.05, 4.69) is 10.2 Å². The van der Waals surface area contributed by atoms with Gasteiger partial charge in [0.15, 0.2) is 21.6 Å². The van der Waals surface area contributed by atoms with E-state index in [0.29, 0.717) is 56.7 Å². The number of rotatable bonds is 11. The topological polar surface area (TPSA) is 119 Å². The quantitative estimate of drug-likeness (QED) is 0.0493. The molecule has 1 aliphatic heterocycles. The lowest BCUT2D eigenvalue weighted by Gasteiger charge is -2.23. The average Bonchev–Trinajstić information content (AvgIpc) is 3.75. The molecule has 5 aromatic rings. The number of carbonyl (C=O) groups is 2. The number of pyridine rings is 1. The van der Waals surface area contributed by atoms with Gasteiger partial charge in [0.05, 0.1) is 30.5 Å². The Morgan fingerprint density at radius 2 is 1.83 bits per heavy atom. The fraction of sp³-hybridized carbons (Fsp3) is 0.265. The smallest absolute Gasteiger partial charge is 0.301 e. The molecule has 1 aliphatic rings. The van der Waals surface area contributed by atoms with Crippen LogP contribution in [0.1, 0.15) is 54.4 Å². The van der Waals surface area contributed by atoms with Crippen LogP contribution in [0.4, 0.5) is 5.13 Å². The highest BCUT2D eigenvalue weighted by molar-refractivity contribution is 8.00. The van der Waals surface area contributed by atoms with Crippen LogP contribution in [0.25, 0.3) is 11.4 Å². The van der Waals surface area contributed by atoms with E-state index in [-0.39, 0.29) is 22.2 Å². The van der Waals surface area contributed by atoms with Gasteiger partial charge in [-0.2, -0.15) is 0 Å². The number of nitrogens with zero attached hydrogens (tertiary/aromatic N) is 5. The minimum Gasteiger partial charge on any atom is -0.505 e. The molecule has 3 aromatic heterocycles. The molecule has 47 heavy (non-hydrogen) atoms. The first kappa shape index (κ1) is 32.5. The van der Waals surface area contributed by atoms with Crippen LogP contribution in [-0.4, -0.2) is 49.6 Å². The van der Waals surface area contributed by atoms with Gasteiger partial charge in [-0.25, -0.2) is 4.98 Å². The zero-order valence-corrected chi connectivity index (χ0v) is 28.6. The molecule has 1 atom stereocenters. The van der Waals surface area contributed by atoms with Crippen molar-refractivity contribution in [2.24, 2.45) is 0 Å². The Morgan fingerprint density at radius 1 is 1.04 bits per heavy atom. The molecule has 0 aliphatic carbocycles. The number of amides is 1. The number of hydrogen-bond donors (Lipinski definition) is 1. The molecule has 242 valence electrons. The molecule has 1 unspecified atom stereocenters. The van der Waals surface area contributed by atoms with Gasteiger partial charge >= 0.3 is 5.91 Å². The van der Waals surface area contributed by atoms with Crippen molar-refractivity contribution >= 4 is 62.9 Å². The Morgan fingerprint density at radius 3 is 2.55 bits per heavy atom. The van der Waals surface area contributed by atoms with Gasteiger partial charge in [-0.3, -0.25) is 14.5 Å². The Labute approximate surface area is 285 Å². The number of aryl methyl sites for hydroxylation is 2. The summed E-state index contributed by atoms with van der Waals surface area (Å²) in [6, 6.07) is 15.5. The molecule has 6 rings (SSSR count). The standard InChI is InChI=1S/C34H32ClN5O5S2/c1-5-16-45-24-14-11-22(17-25(24)44-6-2)28-26(29(41)27-20(4)39-15-7-8-19(3)31(39)36-27)30(42)32(43)40(28)33-37-38-34(47-33)46-18-21-9-12-23(35)13-10-21/h7-15,17,28,41H,5-6,16,18H2,1-4H3. The van der Waals surface area contributed by atoms with Gasteiger partial charge in [-0.05, 0) is 74.2 Å². The first-order valence-electron chi connectivity index (χ1n) is 15.1. The fourth-order valence-corrected chi connectivity index (χ4v) is 7.35. The summed E-state index contributed by atoms with van der Waals surface area (Å²) in [4.78, 5) is 33.7. The molecule has 1 amide bonds. The molecule has 13 heteroatoms. The van der Waals surface area contributed by atoms with E-state index >= 15 is 0 Å². The number of Topliss-reactive ketones (excluding diaryl/α,β-unsaturated/α-hetero) is 1. The number of aliphatic hydroxyl groups is 1. The van der Waals surface area contributed by atoms with Crippen molar-refractivity contribution in [3.05, 3.63) is 99.5 Å². The Balaban J connectivity index is 1.46. The van der Waals surface area contributed by atoms with E-state index in [0.717, 1.165) is 17.5 Å². The summed E-state index contributed by atoms with van der Waals surface area (Å²) in [6.07, 6.45) is 2.64. The maximum absolute atomic E-state index is 13.9. The minimum absolute atomic E-state index is 0.102. The van der Waals surface area contributed by atoms with E-state index < -0.39 is 17.7 Å². The number of hydrogen-bond acceptors (Lipinski definition) is 10. The van der Waals surface area contributed by atoms with Crippen LogP contribution in [0.2, 0.25) is 5.02 Å². The normalized spacial score (nSPS) is 15.9. The van der Waals surface area contributed by atoms with Gasteiger partial charge in [-0.1, -0.05) is 65.9 Å². The van der Waals surface area contributed by atoms with Crippen molar-refractivity contribution in [2.45, 2.75) is 50.3 Å². The Bertz CT molecular complexity index is 2010. The number of aromatic nitrogens is 4. The monoisotopic (exact) mass is 689 g/mol. The van der Waals surface area contributed by atoms with Crippen molar-refractivity contribution in [3.8, 4) is 11.5 Å². The second-order valence-electron chi connectivity index (χ2n) is 10.9. The number of imidazole rings is 1. The highest BCUT2D eigenvalue weighted by Gasteiger charge is 2.49. The van der Waals surface area contributed by atoms with Crippen molar-refractivity contribution in [2.75, 3.05) is 18.1 Å². The van der Waals surface area contributed by atoms with Crippen molar-refractivity contribution in [1.82, 2.24) is 19.6 Å². The van der Waals surface area contributed by atoms with Crippen LogP contribution in [0.3, 0.4) is 0 Å². The van der Waals surface area contributed by atoms with Crippen LogP contribution in [0.5, 0.6) is 11.5 Å². The highest BCUT2D eigenvalue weighted by Crippen LogP contribution is 2.46. The number of thioether (sulfide) groups is 1. The maximum Gasteiger partial charge on any atom is 0.301 e. The van der Waals surface area contributed by atoms with Crippen LogP contribution < -0.4 is 14.4 Å². The number of carbonyl (C=O) groups excluding carboxylic acids is 2. The van der Waals surface area contributed by atoms with Crippen LogP contribution in [-0.2, 0) is 15.3 Å². The predicted octanol–water partition coefficient (Wildman–Crippen LogP) is 7.56. The molecule has 4 heterocycles. The third-order valence-corrected chi connectivity index (χ3v) is 10.1. The van der Waals surface area contributed by atoms with Gasteiger partial charge in [0.1, 0.15) is 11.3 Å². The number of ketones is 1. The predicted molar refractivity (Wildman–Crippen MR) is 184 cm³/mol. The summed E-state index contributed by atoms with van der Waals surface area (Å²) in [5.74, 6) is -0.447. The summed E-state index contributed by atoms with van der Waals surface area (Å²) in [5.41, 5.74) is 3.85. The first-order valence-corrected chi connectivity index (χ1v) is 17.3. The molecule has 0 bridgehead atoms. The first-order chi connectivity index (χ1) is 22.7. The van der Waals surface area contributed by atoms with E-state index in [1.54, 1.807) is 18.2 Å². The maximum atomic E-state index is 13.9. The van der Waals surface area contributed by atoms with Gasteiger partial charge in [0.25, 0.3) is 5.78 Å². The Hall–Kier alpha value is -4.39. The highest BCUT2D eigenvalue weighted by atomic mass is 35.5. The molecule has 1 N–H and O–H groups in total. The number of ether oxygens (including phenoxy) is 2. The van der Waals surface area contributed by atoms with Crippen molar-refractivity contribution in [3.63, 3.8) is 0 Å². The van der Waals surface area contributed by atoms with Crippen LogP contribution in [0.15, 0.2) is 70.7 Å². The van der Waals surface area contributed by atoms with Crippen LogP contribution in [0, 0.1) is 13.8 Å². The van der Waals surface area contributed by atoms with Crippen molar-refractivity contribution < 1.29 is 24.2 Å². The lowest BCUT2D eigenvalue weighted by atomic mass is 9.96. The summed E-state index contributed by atoms with van der Waals surface area (Å²) in [7, 11) is 0. The lowest BCUT2D eigenvalue weighted by molar-refractivity contribution is -0.132. The van der Waals surface area contributed by atoms with Gasteiger partial charge in [-0.15, -0.1) is 10.2 Å². The number of benzene rings is 2. The molecule has 1 saturated heterocycles. The fourth-order valence-electron chi connectivity index (χ4n) is 5.40. The molecule has 0 radical (unpaired) electrons. The zero-order valence-electron chi connectivity index (χ0n) is 26.2. The average molecular weight is 690 g/mol. The summed E-state index contributed by atoms with van der Waals surface area (Å²) < 4.78 is 14.3. The number of aliphatic hydroxyl groups excluding tert-OH is 1. The Kier molecular flexibility index (Phi) is 9.53. The molecule has 0 spiro atoms. The summed E-state index contributed by atoms with van der Waals surface area (Å²) in [6.45, 7) is 8.46. The third-order valence-electron chi connectivity index (χ3n) is 7.68. The molecule has 2 aromatic carbocycles. The largest absolute Gasteiger partial charge is 0.505 e.